The van der Waals surface area contributed by atoms with Gasteiger partial charge in [-0.05, 0) is 12.1 Å². The van der Waals surface area contributed by atoms with Gasteiger partial charge in [-0.15, -0.1) is 11.3 Å². The van der Waals surface area contributed by atoms with Gasteiger partial charge in [0.2, 0.25) is 5.95 Å². The van der Waals surface area contributed by atoms with E-state index in [0.717, 1.165) is 4.88 Å². The second kappa shape index (κ2) is 3.43. The Morgan fingerprint density at radius 2 is 2.00 bits per heavy atom. The van der Waals surface area contributed by atoms with E-state index in [1.165, 1.54) is 11.3 Å². The molecule has 2 heterocycles. The standard InChI is InChI=1S/C8H7ClN4S/c9-6-2-1-5(14-6)4-3-7(10)13-8(11)12-4/h1-3H,(H4,10,11,12,13). The highest BCUT2D eigenvalue weighted by Gasteiger charge is 2.05. The van der Waals surface area contributed by atoms with Crippen LogP contribution in [0.4, 0.5) is 11.8 Å². The number of hydrogen-bond acceptors (Lipinski definition) is 5. The fraction of sp³-hybridized carbons (Fsp3) is 0. The van der Waals surface area contributed by atoms with Gasteiger partial charge in [0.25, 0.3) is 0 Å². The van der Waals surface area contributed by atoms with E-state index in [2.05, 4.69) is 9.97 Å². The van der Waals surface area contributed by atoms with Gasteiger partial charge in [0, 0.05) is 6.07 Å². The molecule has 4 nitrogen and oxygen atoms in total. The first kappa shape index (κ1) is 9.23. The number of nitrogens with zero attached hydrogens (tertiary/aromatic N) is 2. The summed E-state index contributed by atoms with van der Waals surface area (Å²) >= 11 is 7.22. The van der Waals surface area contributed by atoms with Gasteiger partial charge >= 0.3 is 0 Å². The first-order valence-corrected chi connectivity index (χ1v) is 5.00. The van der Waals surface area contributed by atoms with E-state index in [0.29, 0.717) is 15.8 Å². The summed E-state index contributed by atoms with van der Waals surface area (Å²) in [4.78, 5) is 8.77. The van der Waals surface area contributed by atoms with Crippen LogP contribution in [0.5, 0.6) is 0 Å². The number of rotatable bonds is 1. The van der Waals surface area contributed by atoms with Gasteiger partial charge in [0.05, 0.1) is 14.9 Å². The van der Waals surface area contributed by atoms with Gasteiger partial charge in [-0.1, -0.05) is 11.6 Å². The molecular weight excluding hydrogens is 220 g/mol. The lowest BCUT2D eigenvalue weighted by Gasteiger charge is -1.99. The third kappa shape index (κ3) is 1.78. The van der Waals surface area contributed by atoms with Crippen LogP contribution in [0, 0.1) is 0 Å². The largest absolute Gasteiger partial charge is 0.384 e. The number of halogens is 1. The molecule has 0 aromatic carbocycles. The lowest BCUT2D eigenvalue weighted by molar-refractivity contribution is 1.20. The second-order valence-electron chi connectivity index (χ2n) is 2.64. The van der Waals surface area contributed by atoms with Gasteiger partial charge in [-0.25, -0.2) is 4.98 Å². The van der Waals surface area contributed by atoms with Crippen LogP contribution in [-0.2, 0) is 0 Å². The molecule has 2 aromatic heterocycles. The third-order valence-electron chi connectivity index (χ3n) is 1.59. The maximum absolute atomic E-state index is 5.80. The first-order chi connectivity index (χ1) is 6.65. The van der Waals surface area contributed by atoms with Crippen molar-refractivity contribution < 1.29 is 0 Å². The highest BCUT2D eigenvalue weighted by Crippen LogP contribution is 2.30. The molecule has 0 fully saturated rings. The third-order valence-corrected chi connectivity index (χ3v) is 2.84. The average Bonchev–Trinajstić information content (AvgIpc) is 2.50. The molecule has 0 aliphatic heterocycles. The van der Waals surface area contributed by atoms with Crippen molar-refractivity contribution in [3.05, 3.63) is 22.5 Å². The smallest absolute Gasteiger partial charge is 0.222 e. The molecule has 2 aromatic rings. The lowest BCUT2D eigenvalue weighted by atomic mass is 10.3. The Bertz CT molecular complexity index is 448. The van der Waals surface area contributed by atoms with Crippen molar-refractivity contribution in [2.45, 2.75) is 0 Å². The molecule has 4 N–H and O–H groups in total. The zero-order valence-electron chi connectivity index (χ0n) is 7.07. The Labute approximate surface area is 89.6 Å². The molecule has 0 saturated heterocycles. The van der Waals surface area contributed by atoms with Crippen LogP contribution in [-0.4, -0.2) is 9.97 Å². The summed E-state index contributed by atoms with van der Waals surface area (Å²) in [5.41, 5.74) is 11.7. The summed E-state index contributed by atoms with van der Waals surface area (Å²) in [5, 5.41) is 0. The molecule has 0 saturated carbocycles. The molecule has 0 aliphatic rings. The topological polar surface area (TPSA) is 77.8 Å². The van der Waals surface area contributed by atoms with E-state index < -0.39 is 0 Å². The molecule has 0 aliphatic carbocycles. The predicted octanol–water partition coefficient (Wildman–Crippen LogP) is 2.02. The summed E-state index contributed by atoms with van der Waals surface area (Å²) in [6.07, 6.45) is 0. The normalized spacial score (nSPS) is 10.4. The zero-order chi connectivity index (χ0) is 10.1. The maximum atomic E-state index is 5.80. The fourth-order valence-corrected chi connectivity index (χ4v) is 2.07. The Kier molecular flexibility index (Phi) is 2.26. The van der Waals surface area contributed by atoms with Crippen molar-refractivity contribution in [2.24, 2.45) is 0 Å². The number of nitrogens with two attached hydrogens (primary N) is 2. The van der Waals surface area contributed by atoms with E-state index in [9.17, 15) is 0 Å². The summed E-state index contributed by atoms with van der Waals surface area (Å²) in [6.45, 7) is 0. The first-order valence-electron chi connectivity index (χ1n) is 3.81. The van der Waals surface area contributed by atoms with Crippen LogP contribution < -0.4 is 11.5 Å². The van der Waals surface area contributed by atoms with Crippen molar-refractivity contribution in [1.29, 1.82) is 0 Å². The van der Waals surface area contributed by atoms with E-state index in [1.807, 2.05) is 6.07 Å². The summed E-state index contributed by atoms with van der Waals surface area (Å²) in [7, 11) is 0. The average molecular weight is 227 g/mol. The Hall–Kier alpha value is -1.33. The highest BCUT2D eigenvalue weighted by atomic mass is 35.5. The van der Waals surface area contributed by atoms with Crippen LogP contribution in [0.15, 0.2) is 18.2 Å². The molecule has 0 atom stereocenters. The van der Waals surface area contributed by atoms with E-state index in [-0.39, 0.29) is 5.95 Å². The molecule has 0 radical (unpaired) electrons. The minimum absolute atomic E-state index is 0.171. The van der Waals surface area contributed by atoms with Crippen LogP contribution in [0.2, 0.25) is 4.34 Å². The van der Waals surface area contributed by atoms with Crippen LogP contribution >= 0.6 is 22.9 Å². The fourth-order valence-electron chi connectivity index (χ4n) is 1.06. The molecule has 0 spiro atoms. The Morgan fingerprint density at radius 3 is 2.57 bits per heavy atom. The van der Waals surface area contributed by atoms with E-state index in [1.54, 1.807) is 12.1 Å². The van der Waals surface area contributed by atoms with Gasteiger partial charge in [0.15, 0.2) is 0 Å². The zero-order valence-corrected chi connectivity index (χ0v) is 8.64. The van der Waals surface area contributed by atoms with E-state index in [4.69, 9.17) is 23.1 Å². The molecule has 14 heavy (non-hydrogen) atoms. The maximum Gasteiger partial charge on any atom is 0.222 e. The van der Waals surface area contributed by atoms with Gasteiger partial charge in [-0.3, -0.25) is 0 Å². The van der Waals surface area contributed by atoms with Crippen molar-refractivity contribution in [3.63, 3.8) is 0 Å². The summed E-state index contributed by atoms with van der Waals surface area (Å²) in [6, 6.07) is 5.34. The quantitative estimate of drug-likeness (QED) is 0.780. The summed E-state index contributed by atoms with van der Waals surface area (Å²) < 4.78 is 0.704. The SMILES string of the molecule is Nc1cc(-c2ccc(Cl)s2)nc(N)n1. The van der Waals surface area contributed by atoms with Crippen LogP contribution in [0.3, 0.4) is 0 Å². The van der Waals surface area contributed by atoms with Gasteiger partial charge in [0.1, 0.15) is 5.82 Å². The van der Waals surface area contributed by atoms with Crippen LogP contribution in [0.1, 0.15) is 0 Å². The predicted molar refractivity (Wildman–Crippen MR) is 59.2 cm³/mol. The minimum Gasteiger partial charge on any atom is -0.384 e. The molecule has 72 valence electrons. The minimum atomic E-state index is 0.171. The Balaban J connectivity index is 2.51. The van der Waals surface area contributed by atoms with Crippen molar-refractivity contribution in [2.75, 3.05) is 11.5 Å². The molecule has 0 unspecified atom stereocenters. The Morgan fingerprint density at radius 1 is 1.21 bits per heavy atom. The number of anilines is 2. The summed E-state index contributed by atoms with van der Waals surface area (Å²) in [5.74, 6) is 0.529. The van der Waals surface area contributed by atoms with Gasteiger partial charge in [-0.2, -0.15) is 4.98 Å². The molecule has 6 heteroatoms. The molecule has 0 amide bonds. The van der Waals surface area contributed by atoms with Gasteiger partial charge < -0.3 is 11.5 Å². The van der Waals surface area contributed by atoms with Crippen molar-refractivity contribution in [1.82, 2.24) is 9.97 Å². The number of hydrogen-bond donors (Lipinski definition) is 2. The van der Waals surface area contributed by atoms with Crippen LogP contribution in [0.25, 0.3) is 10.6 Å². The van der Waals surface area contributed by atoms with E-state index >= 15 is 0 Å². The molecule has 2 rings (SSSR count). The molecule has 0 bridgehead atoms. The highest BCUT2D eigenvalue weighted by molar-refractivity contribution is 7.19. The second-order valence-corrected chi connectivity index (χ2v) is 4.36. The number of thiophene rings is 1. The number of aromatic nitrogens is 2. The van der Waals surface area contributed by atoms with Crippen molar-refractivity contribution in [3.8, 4) is 10.6 Å². The van der Waals surface area contributed by atoms with Crippen molar-refractivity contribution >= 4 is 34.7 Å². The molecular formula is C8H7ClN4S. The monoisotopic (exact) mass is 226 g/mol. The number of nitrogen functional groups attached to an aromatic ring is 2. The lowest BCUT2D eigenvalue weighted by Crippen LogP contribution is -1.99.